The first kappa shape index (κ1) is 11.7. The van der Waals surface area contributed by atoms with Crippen LogP contribution in [-0.4, -0.2) is 9.78 Å². The molecule has 0 fully saturated rings. The van der Waals surface area contributed by atoms with Crippen molar-refractivity contribution in [1.29, 1.82) is 0 Å². The van der Waals surface area contributed by atoms with Crippen molar-refractivity contribution in [2.24, 2.45) is 0 Å². The van der Waals surface area contributed by atoms with E-state index in [0.29, 0.717) is 10.5 Å². The summed E-state index contributed by atoms with van der Waals surface area (Å²) in [6.45, 7) is 3.89. The zero-order valence-electron chi connectivity index (χ0n) is 8.87. The molecule has 0 aliphatic heterocycles. The normalized spacial score (nSPS) is 13.0. The van der Waals surface area contributed by atoms with Gasteiger partial charge in [-0.1, -0.05) is 0 Å². The second-order valence-corrected chi connectivity index (χ2v) is 5.12. The summed E-state index contributed by atoms with van der Waals surface area (Å²) in [6, 6.07) is 3.73. The predicted octanol–water partition coefficient (Wildman–Crippen LogP) is 3.50. The molecule has 2 N–H and O–H groups in total. The van der Waals surface area contributed by atoms with E-state index in [9.17, 15) is 0 Å². The summed E-state index contributed by atoms with van der Waals surface area (Å²) in [6.07, 6.45) is 0. The number of halogens is 2. The molecule has 0 aliphatic rings. The largest absolute Gasteiger partial charge is 0.452 e. The maximum absolute atomic E-state index is 5.95. The van der Waals surface area contributed by atoms with Gasteiger partial charge in [-0.15, -0.1) is 0 Å². The molecule has 6 heteroatoms. The van der Waals surface area contributed by atoms with E-state index in [4.69, 9.17) is 10.2 Å². The van der Waals surface area contributed by atoms with Crippen LogP contribution >= 0.6 is 31.9 Å². The quantitative estimate of drug-likeness (QED) is 0.903. The van der Waals surface area contributed by atoms with Crippen molar-refractivity contribution < 1.29 is 4.42 Å². The number of hydrogen-bond donors (Lipinski definition) is 1. The third-order valence-electron chi connectivity index (χ3n) is 2.42. The van der Waals surface area contributed by atoms with Gasteiger partial charge >= 0.3 is 0 Å². The van der Waals surface area contributed by atoms with Crippen LogP contribution in [0, 0.1) is 6.92 Å². The smallest absolute Gasteiger partial charge is 0.169 e. The lowest BCUT2D eigenvalue weighted by Crippen LogP contribution is -2.10. The first-order chi connectivity index (χ1) is 7.50. The van der Waals surface area contributed by atoms with Crippen LogP contribution in [0.2, 0.25) is 0 Å². The summed E-state index contributed by atoms with van der Waals surface area (Å²) in [5.41, 5.74) is 6.82. The Bertz CT molecular complexity index is 518. The molecule has 2 aromatic heterocycles. The number of nitrogens with zero attached hydrogens (tertiary/aromatic N) is 2. The standard InChI is InChI=1S/C10H11Br2N3O/c1-5-9(12)10(13)15(14-5)6(2)7-3-4-8(11)16-7/h3-4,6H,13H2,1-2H3. The highest BCUT2D eigenvalue weighted by Crippen LogP contribution is 2.30. The van der Waals surface area contributed by atoms with Crippen LogP contribution in [0.5, 0.6) is 0 Å². The minimum atomic E-state index is -0.0312. The first-order valence-corrected chi connectivity index (χ1v) is 6.34. The van der Waals surface area contributed by atoms with Crippen LogP contribution in [0.4, 0.5) is 5.82 Å². The van der Waals surface area contributed by atoms with Crippen LogP contribution in [0.1, 0.15) is 24.4 Å². The van der Waals surface area contributed by atoms with E-state index >= 15 is 0 Å². The number of nitrogens with two attached hydrogens (primary N) is 1. The summed E-state index contributed by atoms with van der Waals surface area (Å²) in [4.78, 5) is 0. The second-order valence-electron chi connectivity index (χ2n) is 3.55. The van der Waals surface area contributed by atoms with Gasteiger partial charge in [-0.3, -0.25) is 0 Å². The fraction of sp³-hybridized carbons (Fsp3) is 0.300. The highest BCUT2D eigenvalue weighted by Gasteiger charge is 2.18. The van der Waals surface area contributed by atoms with Crippen LogP contribution in [-0.2, 0) is 0 Å². The Hall–Kier alpha value is -0.750. The zero-order valence-corrected chi connectivity index (χ0v) is 12.0. The highest BCUT2D eigenvalue weighted by molar-refractivity contribution is 9.10. The van der Waals surface area contributed by atoms with Crippen molar-refractivity contribution in [2.45, 2.75) is 19.9 Å². The van der Waals surface area contributed by atoms with Gasteiger partial charge in [-0.2, -0.15) is 5.10 Å². The van der Waals surface area contributed by atoms with E-state index in [2.05, 4.69) is 37.0 Å². The summed E-state index contributed by atoms with van der Waals surface area (Å²) in [5, 5.41) is 4.36. The van der Waals surface area contributed by atoms with E-state index in [1.54, 1.807) is 4.68 Å². The molecule has 0 spiro atoms. The Morgan fingerprint density at radius 2 is 2.12 bits per heavy atom. The maximum Gasteiger partial charge on any atom is 0.169 e. The molecule has 0 saturated carbocycles. The minimum absolute atomic E-state index is 0.0312. The predicted molar refractivity (Wildman–Crippen MR) is 69.3 cm³/mol. The number of anilines is 1. The van der Waals surface area contributed by atoms with Crippen LogP contribution in [0.25, 0.3) is 0 Å². The van der Waals surface area contributed by atoms with Crippen LogP contribution in [0.15, 0.2) is 25.7 Å². The lowest BCUT2D eigenvalue weighted by atomic mass is 10.2. The molecule has 4 nitrogen and oxygen atoms in total. The summed E-state index contributed by atoms with van der Waals surface area (Å²) < 4.78 is 8.77. The molecule has 0 aliphatic carbocycles. The van der Waals surface area contributed by atoms with Gasteiger partial charge in [0, 0.05) is 0 Å². The third-order valence-corrected chi connectivity index (χ3v) is 3.83. The Morgan fingerprint density at radius 1 is 1.44 bits per heavy atom. The first-order valence-electron chi connectivity index (χ1n) is 4.76. The summed E-state index contributed by atoms with van der Waals surface area (Å²) in [5.74, 6) is 1.42. The minimum Gasteiger partial charge on any atom is -0.452 e. The lowest BCUT2D eigenvalue weighted by molar-refractivity contribution is 0.415. The lowest BCUT2D eigenvalue weighted by Gasteiger charge is -2.10. The van der Waals surface area contributed by atoms with Gasteiger partial charge in [0.1, 0.15) is 17.6 Å². The number of nitrogen functional groups attached to an aromatic ring is 1. The fourth-order valence-electron chi connectivity index (χ4n) is 1.51. The number of furan rings is 1. The number of rotatable bonds is 2. The molecule has 1 atom stereocenters. The topological polar surface area (TPSA) is 57.0 Å². The maximum atomic E-state index is 5.95. The van der Waals surface area contributed by atoms with Gasteiger partial charge in [-0.25, -0.2) is 4.68 Å². The molecule has 0 saturated heterocycles. The van der Waals surface area contributed by atoms with Gasteiger partial charge in [0.05, 0.1) is 10.2 Å². The molecule has 2 rings (SSSR count). The van der Waals surface area contributed by atoms with Crippen molar-refractivity contribution in [1.82, 2.24) is 9.78 Å². The van der Waals surface area contributed by atoms with E-state index in [1.165, 1.54) is 0 Å². The van der Waals surface area contributed by atoms with E-state index in [1.807, 2.05) is 26.0 Å². The Kier molecular flexibility index (Phi) is 3.12. The fourth-order valence-corrected chi connectivity index (χ4v) is 2.09. The average molecular weight is 349 g/mol. The molecule has 2 heterocycles. The molecule has 0 amide bonds. The van der Waals surface area contributed by atoms with Gasteiger partial charge in [0.25, 0.3) is 0 Å². The monoisotopic (exact) mass is 347 g/mol. The average Bonchev–Trinajstić information content (AvgIpc) is 2.78. The van der Waals surface area contributed by atoms with Gasteiger partial charge in [-0.05, 0) is 57.8 Å². The molecule has 1 unspecified atom stereocenters. The number of aromatic nitrogens is 2. The van der Waals surface area contributed by atoms with E-state index < -0.39 is 0 Å². The Balaban J connectivity index is 2.41. The highest BCUT2D eigenvalue weighted by atomic mass is 79.9. The van der Waals surface area contributed by atoms with Crippen molar-refractivity contribution >= 4 is 37.7 Å². The van der Waals surface area contributed by atoms with Gasteiger partial charge < -0.3 is 10.2 Å². The second kappa shape index (κ2) is 4.25. The van der Waals surface area contributed by atoms with E-state index in [0.717, 1.165) is 15.9 Å². The molecule has 2 aromatic rings. The van der Waals surface area contributed by atoms with Crippen molar-refractivity contribution in [3.63, 3.8) is 0 Å². The molecular weight excluding hydrogens is 338 g/mol. The van der Waals surface area contributed by atoms with Gasteiger partial charge in [0.15, 0.2) is 4.67 Å². The van der Waals surface area contributed by atoms with Crippen LogP contribution < -0.4 is 5.73 Å². The van der Waals surface area contributed by atoms with Crippen LogP contribution in [0.3, 0.4) is 0 Å². The Morgan fingerprint density at radius 3 is 2.56 bits per heavy atom. The van der Waals surface area contributed by atoms with Gasteiger partial charge in [0.2, 0.25) is 0 Å². The Labute approximate surface area is 110 Å². The third kappa shape index (κ3) is 1.91. The van der Waals surface area contributed by atoms with E-state index in [-0.39, 0.29) is 6.04 Å². The molecule has 0 bridgehead atoms. The number of hydrogen-bond acceptors (Lipinski definition) is 3. The molecule has 86 valence electrons. The number of aryl methyl sites for hydroxylation is 1. The summed E-state index contributed by atoms with van der Waals surface area (Å²) in [7, 11) is 0. The summed E-state index contributed by atoms with van der Waals surface area (Å²) >= 11 is 6.67. The van der Waals surface area contributed by atoms with Crippen molar-refractivity contribution in [3.8, 4) is 0 Å². The zero-order chi connectivity index (χ0) is 11.9. The van der Waals surface area contributed by atoms with Crippen molar-refractivity contribution in [2.75, 3.05) is 5.73 Å². The molecule has 0 aromatic carbocycles. The molecule has 0 radical (unpaired) electrons. The molecule has 16 heavy (non-hydrogen) atoms. The van der Waals surface area contributed by atoms with Crippen molar-refractivity contribution in [3.05, 3.63) is 32.7 Å². The molecular formula is C10H11Br2N3O. The SMILES string of the molecule is Cc1nn(C(C)c2ccc(Br)o2)c(N)c1Br.